The van der Waals surface area contributed by atoms with Crippen molar-refractivity contribution in [3.05, 3.63) is 39.9 Å². The second-order valence-corrected chi connectivity index (χ2v) is 4.05. The molecule has 0 saturated heterocycles. The number of alkyl halides is 3. The first-order valence-corrected chi connectivity index (χ1v) is 5.17. The summed E-state index contributed by atoms with van der Waals surface area (Å²) < 4.78 is 39.2. The number of benzene rings is 1. The molecule has 17 heavy (non-hydrogen) atoms. The van der Waals surface area contributed by atoms with Crippen LogP contribution in [-0.4, -0.2) is 14.8 Å². The van der Waals surface area contributed by atoms with E-state index in [1.165, 1.54) is 17.0 Å². The van der Waals surface area contributed by atoms with Gasteiger partial charge in [0.25, 0.3) is 0 Å². The Morgan fingerprint density at radius 3 is 2.53 bits per heavy atom. The average molecular weight is 280 g/mol. The predicted molar refractivity (Wildman–Crippen MR) is 58.8 cm³/mol. The summed E-state index contributed by atoms with van der Waals surface area (Å²) in [4.78, 5) is 0. The van der Waals surface area contributed by atoms with E-state index in [0.29, 0.717) is 0 Å². The Bertz CT molecular complexity index is 602. The summed E-state index contributed by atoms with van der Waals surface area (Å²) in [6.07, 6.45) is -3.17. The highest BCUT2D eigenvalue weighted by atomic mass is 35.5. The highest BCUT2D eigenvalue weighted by molar-refractivity contribution is 7.71. The third kappa shape index (κ3) is 2.50. The molecule has 1 heterocycles. The van der Waals surface area contributed by atoms with Crippen molar-refractivity contribution in [3.8, 4) is 5.69 Å². The number of aromatic amines is 1. The maximum absolute atomic E-state index is 12.6. The summed E-state index contributed by atoms with van der Waals surface area (Å²) in [6, 6.07) is 3.19. The summed E-state index contributed by atoms with van der Waals surface area (Å²) in [7, 11) is 0. The van der Waals surface area contributed by atoms with Crippen molar-refractivity contribution in [1.29, 1.82) is 0 Å². The zero-order chi connectivity index (χ0) is 12.6. The molecule has 0 spiro atoms. The van der Waals surface area contributed by atoms with Gasteiger partial charge in [0.1, 0.15) is 6.33 Å². The monoisotopic (exact) mass is 279 g/mol. The molecule has 2 aromatic rings. The van der Waals surface area contributed by atoms with Gasteiger partial charge in [-0.1, -0.05) is 11.6 Å². The van der Waals surface area contributed by atoms with E-state index >= 15 is 0 Å². The minimum atomic E-state index is -4.45. The average Bonchev–Trinajstić information content (AvgIpc) is 2.62. The summed E-state index contributed by atoms with van der Waals surface area (Å²) >= 11 is 10.5. The smallest absolute Gasteiger partial charge is 0.275 e. The van der Waals surface area contributed by atoms with Crippen molar-refractivity contribution in [1.82, 2.24) is 14.8 Å². The van der Waals surface area contributed by atoms with Crippen LogP contribution >= 0.6 is 23.8 Å². The van der Waals surface area contributed by atoms with Gasteiger partial charge in [0, 0.05) is 5.02 Å². The lowest BCUT2D eigenvalue weighted by Gasteiger charge is -2.09. The number of nitrogens with zero attached hydrogens (tertiary/aromatic N) is 2. The van der Waals surface area contributed by atoms with Crippen molar-refractivity contribution >= 4 is 23.8 Å². The first kappa shape index (κ1) is 12.1. The lowest BCUT2D eigenvalue weighted by atomic mass is 10.2. The Labute approximate surface area is 104 Å². The van der Waals surface area contributed by atoms with E-state index in [4.69, 9.17) is 23.8 Å². The Kier molecular flexibility index (Phi) is 2.96. The Morgan fingerprint density at radius 1 is 1.29 bits per heavy atom. The number of rotatable bonds is 1. The summed E-state index contributed by atoms with van der Waals surface area (Å²) in [5, 5.41) is 6.06. The molecule has 2 rings (SSSR count). The van der Waals surface area contributed by atoms with Crippen LogP contribution in [0.3, 0.4) is 0 Å². The van der Waals surface area contributed by atoms with Crippen LogP contribution in [-0.2, 0) is 6.18 Å². The molecule has 0 saturated carbocycles. The van der Waals surface area contributed by atoms with Crippen LogP contribution in [0, 0.1) is 4.77 Å². The largest absolute Gasteiger partial charge is 0.416 e. The van der Waals surface area contributed by atoms with Crippen molar-refractivity contribution in [2.24, 2.45) is 0 Å². The summed E-state index contributed by atoms with van der Waals surface area (Å²) in [5.41, 5.74) is -0.619. The fraction of sp³-hybridized carbons (Fsp3) is 0.111. The van der Waals surface area contributed by atoms with Gasteiger partial charge in [-0.2, -0.15) is 18.3 Å². The molecule has 0 radical (unpaired) electrons. The van der Waals surface area contributed by atoms with Crippen LogP contribution in [0.15, 0.2) is 24.5 Å². The van der Waals surface area contributed by atoms with Crippen LogP contribution in [0.2, 0.25) is 5.02 Å². The van der Waals surface area contributed by atoms with E-state index in [2.05, 4.69) is 10.2 Å². The number of halogens is 4. The lowest BCUT2D eigenvalue weighted by Crippen LogP contribution is -2.06. The number of hydrogen-bond acceptors (Lipinski definition) is 2. The molecule has 8 heteroatoms. The minimum absolute atomic E-state index is 0.0158. The predicted octanol–water partition coefficient (Wildman–Crippen LogP) is 3.60. The molecule has 0 aliphatic heterocycles. The number of hydrogen-bond donors (Lipinski definition) is 1. The van der Waals surface area contributed by atoms with Crippen molar-refractivity contribution in [2.45, 2.75) is 6.18 Å². The third-order valence-corrected chi connectivity index (χ3v) is 2.55. The first-order chi connectivity index (χ1) is 7.88. The van der Waals surface area contributed by atoms with E-state index in [1.54, 1.807) is 0 Å². The van der Waals surface area contributed by atoms with Crippen LogP contribution in [0.25, 0.3) is 5.69 Å². The topological polar surface area (TPSA) is 33.6 Å². The van der Waals surface area contributed by atoms with E-state index in [9.17, 15) is 13.2 Å². The van der Waals surface area contributed by atoms with E-state index in [-0.39, 0.29) is 15.5 Å². The van der Waals surface area contributed by atoms with Crippen LogP contribution in [0.1, 0.15) is 5.56 Å². The van der Waals surface area contributed by atoms with Crippen LogP contribution < -0.4 is 0 Å². The molecule has 0 bridgehead atoms. The van der Waals surface area contributed by atoms with E-state index in [1.807, 2.05) is 0 Å². The SMILES string of the molecule is FC(F)(F)c1cc(Cl)cc(-n2cn[nH]c2=S)c1. The third-order valence-electron chi connectivity index (χ3n) is 2.04. The van der Waals surface area contributed by atoms with E-state index < -0.39 is 11.7 Å². The van der Waals surface area contributed by atoms with Crippen LogP contribution in [0.5, 0.6) is 0 Å². The zero-order valence-electron chi connectivity index (χ0n) is 8.12. The fourth-order valence-corrected chi connectivity index (χ4v) is 1.74. The van der Waals surface area contributed by atoms with Crippen molar-refractivity contribution in [2.75, 3.05) is 0 Å². The highest BCUT2D eigenvalue weighted by Gasteiger charge is 2.31. The molecule has 0 fully saturated rings. The molecule has 0 aliphatic carbocycles. The molecular formula is C9H5ClF3N3S. The molecule has 1 aromatic carbocycles. The number of aromatic nitrogens is 3. The van der Waals surface area contributed by atoms with Gasteiger partial charge in [0.05, 0.1) is 11.3 Å². The highest BCUT2D eigenvalue weighted by Crippen LogP contribution is 2.32. The molecule has 0 amide bonds. The molecule has 0 aliphatic rings. The van der Waals surface area contributed by atoms with Gasteiger partial charge in [-0.3, -0.25) is 9.67 Å². The molecule has 1 aromatic heterocycles. The second kappa shape index (κ2) is 4.15. The fourth-order valence-electron chi connectivity index (χ4n) is 1.31. The first-order valence-electron chi connectivity index (χ1n) is 4.38. The van der Waals surface area contributed by atoms with Gasteiger partial charge in [-0.25, -0.2) is 0 Å². The van der Waals surface area contributed by atoms with Gasteiger partial charge in [0.2, 0.25) is 0 Å². The standard InChI is InChI=1S/C9H5ClF3N3S/c10-6-1-5(9(11,12)13)2-7(3-6)16-4-14-15-8(16)17/h1-4H,(H,15,17). The zero-order valence-corrected chi connectivity index (χ0v) is 9.70. The van der Waals surface area contributed by atoms with Gasteiger partial charge in [-0.15, -0.1) is 0 Å². The van der Waals surface area contributed by atoms with E-state index in [0.717, 1.165) is 12.1 Å². The van der Waals surface area contributed by atoms with Crippen LogP contribution in [0.4, 0.5) is 13.2 Å². The molecule has 3 nitrogen and oxygen atoms in total. The van der Waals surface area contributed by atoms with Crippen molar-refractivity contribution < 1.29 is 13.2 Å². The quantitative estimate of drug-likeness (QED) is 0.809. The van der Waals surface area contributed by atoms with Gasteiger partial charge in [-0.05, 0) is 30.4 Å². The summed E-state index contributed by atoms with van der Waals surface area (Å²) in [6.45, 7) is 0. The molecule has 90 valence electrons. The maximum Gasteiger partial charge on any atom is 0.416 e. The Morgan fingerprint density at radius 2 is 2.00 bits per heavy atom. The Hall–Kier alpha value is -1.34. The second-order valence-electron chi connectivity index (χ2n) is 3.23. The maximum atomic E-state index is 12.6. The van der Waals surface area contributed by atoms with Crippen molar-refractivity contribution in [3.63, 3.8) is 0 Å². The van der Waals surface area contributed by atoms with Gasteiger partial charge < -0.3 is 0 Å². The lowest BCUT2D eigenvalue weighted by molar-refractivity contribution is -0.137. The molecule has 0 atom stereocenters. The number of nitrogens with one attached hydrogen (secondary N) is 1. The van der Waals surface area contributed by atoms with Gasteiger partial charge in [0.15, 0.2) is 4.77 Å². The Balaban J connectivity index is 2.61. The minimum Gasteiger partial charge on any atom is -0.275 e. The normalized spacial score (nSPS) is 11.8. The summed E-state index contributed by atoms with van der Waals surface area (Å²) in [5.74, 6) is 0. The number of H-pyrrole nitrogens is 1. The van der Waals surface area contributed by atoms with Gasteiger partial charge >= 0.3 is 6.18 Å². The molecule has 1 N–H and O–H groups in total. The molecule has 0 unspecified atom stereocenters. The molecular weight excluding hydrogens is 275 g/mol.